The van der Waals surface area contributed by atoms with E-state index in [1.807, 2.05) is 36.4 Å². The number of carbonyl (C=O) groups excluding carboxylic acids is 1. The van der Waals surface area contributed by atoms with E-state index in [2.05, 4.69) is 12.1 Å². The highest BCUT2D eigenvalue weighted by Gasteiger charge is 2.29. The van der Waals surface area contributed by atoms with E-state index in [-0.39, 0.29) is 6.09 Å². The van der Waals surface area contributed by atoms with Gasteiger partial charge in [-0.25, -0.2) is 4.79 Å². The lowest BCUT2D eigenvalue weighted by atomic mass is 9.90. The number of carbonyl (C=O) groups is 1. The Bertz CT molecular complexity index is 1050. The zero-order chi connectivity index (χ0) is 19.8. The Morgan fingerprint density at radius 1 is 0.966 bits per heavy atom. The molecule has 0 spiro atoms. The fourth-order valence-corrected chi connectivity index (χ4v) is 4.33. The summed E-state index contributed by atoms with van der Waals surface area (Å²) in [5.41, 5.74) is 5.05. The van der Waals surface area contributed by atoms with Crippen molar-refractivity contribution in [2.24, 2.45) is 0 Å². The van der Waals surface area contributed by atoms with Crippen LogP contribution in [0.2, 0.25) is 5.02 Å². The Hall–Kier alpha value is -2.79. The topological polar surface area (TPSA) is 47.4 Å². The Morgan fingerprint density at radius 3 is 2.52 bits per heavy atom. The minimum absolute atomic E-state index is 0.300. The number of fused-ring (bicyclic) bond motifs is 3. The molecule has 29 heavy (non-hydrogen) atoms. The lowest BCUT2D eigenvalue weighted by molar-refractivity contribution is 0.140. The van der Waals surface area contributed by atoms with Crippen LogP contribution in [0.15, 0.2) is 48.5 Å². The molecule has 1 aromatic heterocycles. The van der Waals surface area contributed by atoms with E-state index in [4.69, 9.17) is 21.4 Å². The van der Waals surface area contributed by atoms with Gasteiger partial charge in [-0.2, -0.15) is 9.78 Å². The van der Waals surface area contributed by atoms with Gasteiger partial charge < -0.3 is 9.64 Å². The van der Waals surface area contributed by atoms with Gasteiger partial charge in [0.1, 0.15) is 0 Å². The van der Waals surface area contributed by atoms with E-state index in [1.54, 1.807) is 9.58 Å². The van der Waals surface area contributed by atoms with Gasteiger partial charge >= 0.3 is 6.09 Å². The maximum Gasteiger partial charge on any atom is 0.416 e. The first-order valence-electron chi connectivity index (χ1n) is 10.1. The number of aromatic nitrogens is 2. The monoisotopic (exact) mass is 407 g/mol. The summed E-state index contributed by atoms with van der Waals surface area (Å²) in [6.07, 6.45) is 4.65. The zero-order valence-electron chi connectivity index (χ0n) is 16.1. The molecule has 1 aliphatic carbocycles. The molecule has 2 heterocycles. The van der Waals surface area contributed by atoms with E-state index in [9.17, 15) is 4.79 Å². The molecule has 0 unspecified atom stereocenters. The van der Waals surface area contributed by atoms with Crippen molar-refractivity contribution in [3.63, 3.8) is 0 Å². The summed E-state index contributed by atoms with van der Waals surface area (Å²) in [6.45, 7) is 1.49. The first-order chi connectivity index (χ1) is 14.2. The van der Waals surface area contributed by atoms with Gasteiger partial charge in [0.15, 0.2) is 0 Å². The fourth-order valence-electron chi connectivity index (χ4n) is 4.20. The normalized spacial score (nSPS) is 15.6. The second-order valence-corrected chi connectivity index (χ2v) is 8.02. The summed E-state index contributed by atoms with van der Waals surface area (Å²) in [4.78, 5) is 14.7. The second kappa shape index (κ2) is 7.56. The quantitative estimate of drug-likeness (QED) is 0.581. The standard InChI is InChI=1S/C23H22ClN3O2/c24-17-9-11-18(12-10-17)27-22(29-23(28)26-14-4-1-5-15-26)21-19-7-3-2-6-16(19)8-13-20(21)25-27/h2-3,6-7,9-12H,1,4-5,8,13-15H2. The molecule has 0 bridgehead atoms. The summed E-state index contributed by atoms with van der Waals surface area (Å²) in [6, 6.07) is 15.7. The van der Waals surface area contributed by atoms with Crippen molar-refractivity contribution in [1.29, 1.82) is 0 Å². The van der Waals surface area contributed by atoms with Gasteiger partial charge in [-0.15, -0.1) is 0 Å². The second-order valence-electron chi connectivity index (χ2n) is 7.59. The summed E-state index contributed by atoms with van der Waals surface area (Å²) < 4.78 is 7.76. The highest BCUT2D eigenvalue weighted by Crippen LogP contribution is 2.41. The number of rotatable bonds is 2. The lowest BCUT2D eigenvalue weighted by Gasteiger charge is -2.26. The van der Waals surface area contributed by atoms with Gasteiger partial charge in [0.2, 0.25) is 5.88 Å². The lowest BCUT2D eigenvalue weighted by Crippen LogP contribution is -2.38. The van der Waals surface area contributed by atoms with Crippen molar-refractivity contribution in [3.05, 3.63) is 64.8 Å². The van der Waals surface area contributed by atoms with Crippen molar-refractivity contribution in [2.75, 3.05) is 13.1 Å². The van der Waals surface area contributed by atoms with Crippen molar-refractivity contribution in [2.45, 2.75) is 32.1 Å². The molecule has 0 saturated carbocycles. The number of piperidine rings is 1. The number of ether oxygens (including phenoxy) is 1. The number of hydrogen-bond acceptors (Lipinski definition) is 3. The van der Waals surface area contributed by atoms with Crippen molar-refractivity contribution in [1.82, 2.24) is 14.7 Å². The zero-order valence-corrected chi connectivity index (χ0v) is 16.9. The molecule has 2 aromatic carbocycles. The SMILES string of the molecule is O=C(Oc1c2c(nn1-c1ccc(Cl)cc1)CCc1ccccc1-2)N1CCCCC1. The van der Waals surface area contributed by atoms with Crippen molar-refractivity contribution in [3.8, 4) is 22.7 Å². The molecule has 0 atom stereocenters. The smallest absolute Gasteiger partial charge is 0.390 e. The number of halogens is 1. The van der Waals surface area contributed by atoms with Crippen LogP contribution in [-0.2, 0) is 12.8 Å². The number of likely N-dealkylation sites (tertiary alicyclic amines) is 1. The number of aryl methyl sites for hydroxylation is 2. The molecule has 1 fully saturated rings. The van der Waals surface area contributed by atoms with E-state index in [1.165, 1.54) is 5.56 Å². The van der Waals surface area contributed by atoms with Gasteiger partial charge in [-0.3, -0.25) is 0 Å². The van der Waals surface area contributed by atoms with Crippen LogP contribution >= 0.6 is 11.6 Å². The maximum atomic E-state index is 12.9. The number of amides is 1. The van der Waals surface area contributed by atoms with Crippen LogP contribution in [-0.4, -0.2) is 33.9 Å². The van der Waals surface area contributed by atoms with Crippen LogP contribution in [0.1, 0.15) is 30.5 Å². The van der Waals surface area contributed by atoms with Crippen molar-refractivity contribution < 1.29 is 9.53 Å². The largest absolute Gasteiger partial charge is 0.416 e. The molecule has 5 rings (SSSR count). The molecule has 3 aromatic rings. The molecule has 5 nitrogen and oxygen atoms in total. The average Bonchev–Trinajstić information content (AvgIpc) is 3.13. The van der Waals surface area contributed by atoms with Crippen LogP contribution in [0.3, 0.4) is 0 Å². The minimum atomic E-state index is -0.300. The van der Waals surface area contributed by atoms with Gasteiger partial charge in [-0.05, 0) is 67.5 Å². The molecule has 1 aliphatic heterocycles. The van der Waals surface area contributed by atoms with Crippen LogP contribution in [0.25, 0.3) is 16.8 Å². The Balaban J connectivity index is 1.61. The fraction of sp³-hybridized carbons (Fsp3) is 0.304. The predicted octanol–water partition coefficient (Wildman–Crippen LogP) is 5.28. The molecule has 0 radical (unpaired) electrons. The van der Waals surface area contributed by atoms with Gasteiger partial charge in [0.25, 0.3) is 0 Å². The average molecular weight is 408 g/mol. The number of hydrogen-bond donors (Lipinski definition) is 0. The maximum absolute atomic E-state index is 12.9. The van der Waals surface area contributed by atoms with Gasteiger partial charge in [0.05, 0.1) is 16.9 Å². The Morgan fingerprint density at radius 2 is 1.72 bits per heavy atom. The Labute approximate surface area is 174 Å². The van der Waals surface area contributed by atoms with E-state index >= 15 is 0 Å². The van der Waals surface area contributed by atoms with Crippen LogP contribution in [0.4, 0.5) is 4.79 Å². The molecule has 6 heteroatoms. The van der Waals surface area contributed by atoms with E-state index in [0.717, 1.165) is 67.7 Å². The summed E-state index contributed by atoms with van der Waals surface area (Å²) >= 11 is 6.07. The predicted molar refractivity (Wildman–Crippen MR) is 113 cm³/mol. The number of benzene rings is 2. The molecule has 1 saturated heterocycles. The van der Waals surface area contributed by atoms with E-state index < -0.39 is 0 Å². The van der Waals surface area contributed by atoms with Crippen LogP contribution < -0.4 is 4.74 Å². The Kier molecular flexibility index (Phi) is 4.76. The third-order valence-electron chi connectivity index (χ3n) is 5.70. The third kappa shape index (κ3) is 3.40. The highest BCUT2D eigenvalue weighted by atomic mass is 35.5. The molecule has 1 amide bonds. The summed E-state index contributed by atoms with van der Waals surface area (Å²) in [5, 5.41) is 5.48. The molecule has 148 valence electrons. The van der Waals surface area contributed by atoms with E-state index in [0.29, 0.717) is 10.9 Å². The van der Waals surface area contributed by atoms with Crippen molar-refractivity contribution >= 4 is 17.7 Å². The summed E-state index contributed by atoms with van der Waals surface area (Å²) in [7, 11) is 0. The van der Waals surface area contributed by atoms with Gasteiger partial charge in [-0.1, -0.05) is 35.9 Å². The number of nitrogens with zero attached hydrogens (tertiary/aromatic N) is 3. The third-order valence-corrected chi connectivity index (χ3v) is 5.95. The molecule has 0 N–H and O–H groups in total. The molecule has 2 aliphatic rings. The van der Waals surface area contributed by atoms with Crippen LogP contribution in [0, 0.1) is 0 Å². The minimum Gasteiger partial charge on any atom is -0.390 e. The molecular weight excluding hydrogens is 386 g/mol. The van der Waals surface area contributed by atoms with Gasteiger partial charge in [0, 0.05) is 18.1 Å². The molecular formula is C23H22ClN3O2. The first kappa shape index (κ1) is 18.3. The highest BCUT2D eigenvalue weighted by molar-refractivity contribution is 6.30. The summed E-state index contributed by atoms with van der Waals surface area (Å²) in [5.74, 6) is 0.491. The first-order valence-corrected chi connectivity index (χ1v) is 10.5. The van der Waals surface area contributed by atoms with Crippen LogP contribution in [0.5, 0.6) is 5.88 Å².